The SMILES string of the molecule is Cc1occc1C(=O)NCC1(O)CCOCC1. The van der Waals surface area contributed by atoms with E-state index >= 15 is 0 Å². The second kappa shape index (κ2) is 4.89. The van der Waals surface area contributed by atoms with Crippen molar-refractivity contribution in [1.29, 1.82) is 0 Å². The highest BCUT2D eigenvalue weighted by molar-refractivity contribution is 5.95. The number of carbonyl (C=O) groups is 1. The number of ether oxygens (including phenoxy) is 1. The lowest BCUT2D eigenvalue weighted by molar-refractivity contribution is -0.0605. The Bertz CT molecular complexity index is 393. The van der Waals surface area contributed by atoms with Crippen molar-refractivity contribution in [2.24, 2.45) is 0 Å². The van der Waals surface area contributed by atoms with Crippen LogP contribution in [-0.2, 0) is 4.74 Å². The summed E-state index contributed by atoms with van der Waals surface area (Å²) in [5.41, 5.74) is -0.327. The second-order valence-electron chi connectivity index (χ2n) is 4.41. The Kier molecular flexibility index (Phi) is 3.49. The van der Waals surface area contributed by atoms with E-state index in [9.17, 15) is 9.90 Å². The first kappa shape index (κ1) is 12.1. The summed E-state index contributed by atoms with van der Waals surface area (Å²) in [4.78, 5) is 11.8. The Hall–Kier alpha value is -1.33. The van der Waals surface area contributed by atoms with Gasteiger partial charge < -0.3 is 19.6 Å². The molecule has 1 aromatic rings. The van der Waals surface area contributed by atoms with E-state index in [1.165, 1.54) is 6.26 Å². The molecule has 0 aliphatic carbocycles. The van der Waals surface area contributed by atoms with E-state index in [4.69, 9.17) is 9.15 Å². The topological polar surface area (TPSA) is 71.7 Å². The van der Waals surface area contributed by atoms with E-state index in [1.54, 1.807) is 13.0 Å². The highest BCUT2D eigenvalue weighted by Crippen LogP contribution is 2.19. The predicted molar refractivity (Wildman–Crippen MR) is 60.8 cm³/mol. The largest absolute Gasteiger partial charge is 0.469 e. The second-order valence-corrected chi connectivity index (χ2v) is 4.41. The summed E-state index contributed by atoms with van der Waals surface area (Å²) < 4.78 is 10.2. The van der Waals surface area contributed by atoms with Gasteiger partial charge in [0.15, 0.2) is 0 Å². The highest BCUT2D eigenvalue weighted by atomic mass is 16.5. The molecule has 1 aliphatic rings. The monoisotopic (exact) mass is 239 g/mol. The van der Waals surface area contributed by atoms with Gasteiger partial charge in [-0.2, -0.15) is 0 Å². The molecule has 0 saturated carbocycles. The lowest BCUT2D eigenvalue weighted by Gasteiger charge is -2.32. The minimum Gasteiger partial charge on any atom is -0.469 e. The maximum atomic E-state index is 11.8. The molecule has 0 unspecified atom stereocenters. The summed E-state index contributed by atoms with van der Waals surface area (Å²) in [6.45, 7) is 3.06. The van der Waals surface area contributed by atoms with Gasteiger partial charge in [-0.15, -0.1) is 0 Å². The van der Waals surface area contributed by atoms with E-state index in [0.29, 0.717) is 37.4 Å². The molecule has 5 heteroatoms. The van der Waals surface area contributed by atoms with E-state index in [0.717, 1.165) is 0 Å². The smallest absolute Gasteiger partial charge is 0.254 e. The number of hydrogen-bond acceptors (Lipinski definition) is 4. The van der Waals surface area contributed by atoms with Crippen LogP contribution >= 0.6 is 0 Å². The van der Waals surface area contributed by atoms with Gasteiger partial charge in [-0.3, -0.25) is 4.79 Å². The van der Waals surface area contributed by atoms with Crippen LogP contribution < -0.4 is 5.32 Å². The Morgan fingerprint density at radius 1 is 1.53 bits per heavy atom. The number of carbonyl (C=O) groups excluding carboxylic acids is 1. The van der Waals surface area contributed by atoms with Gasteiger partial charge in [0.1, 0.15) is 5.76 Å². The minimum atomic E-state index is -0.842. The van der Waals surface area contributed by atoms with E-state index in [2.05, 4.69) is 5.32 Å². The zero-order valence-electron chi connectivity index (χ0n) is 9.86. The predicted octanol–water partition coefficient (Wildman–Crippen LogP) is 0.859. The normalized spacial score (nSPS) is 18.9. The van der Waals surface area contributed by atoms with Gasteiger partial charge in [0.25, 0.3) is 5.91 Å². The van der Waals surface area contributed by atoms with Crippen LogP contribution in [0.15, 0.2) is 16.7 Å². The van der Waals surface area contributed by atoms with Gasteiger partial charge in [0, 0.05) is 32.6 Å². The van der Waals surface area contributed by atoms with Crippen LogP contribution in [0.3, 0.4) is 0 Å². The number of aryl methyl sites for hydroxylation is 1. The average molecular weight is 239 g/mol. The van der Waals surface area contributed by atoms with E-state index < -0.39 is 5.60 Å². The molecule has 0 aromatic carbocycles. The third kappa shape index (κ3) is 2.87. The summed E-state index contributed by atoms with van der Waals surface area (Å²) in [6.07, 6.45) is 2.59. The molecule has 1 saturated heterocycles. The van der Waals surface area contributed by atoms with Gasteiger partial charge in [0.05, 0.1) is 17.4 Å². The van der Waals surface area contributed by atoms with E-state index in [1.807, 2.05) is 0 Å². The van der Waals surface area contributed by atoms with Gasteiger partial charge in [-0.05, 0) is 13.0 Å². The van der Waals surface area contributed by atoms with Crippen molar-refractivity contribution in [2.45, 2.75) is 25.4 Å². The zero-order valence-corrected chi connectivity index (χ0v) is 9.86. The molecule has 0 bridgehead atoms. The quantitative estimate of drug-likeness (QED) is 0.820. The van der Waals surface area contributed by atoms with Crippen molar-refractivity contribution in [2.75, 3.05) is 19.8 Å². The minimum absolute atomic E-state index is 0.212. The number of amides is 1. The first-order chi connectivity index (χ1) is 8.11. The van der Waals surface area contributed by atoms with Crippen LogP contribution in [0.4, 0.5) is 0 Å². The molecular weight excluding hydrogens is 222 g/mol. The average Bonchev–Trinajstić information content (AvgIpc) is 2.74. The summed E-state index contributed by atoms with van der Waals surface area (Å²) in [5.74, 6) is 0.373. The third-order valence-corrected chi connectivity index (χ3v) is 3.10. The van der Waals surface area contributed by atoms with Gasteiger partial charge in [0.2, 0.25) is 0 Å². The fourth-order valence-electron chi connectivity index (χ4n) is 1.89. The molecule has 17 heavy (non-hydrogen) atoms. The van der Waals surface area contributed by atoms with Crippen LogP contribution in [0, 0.1) is 6.92 Å². The molecule has 1 aromatic heterocycles. The van der Waals surface area contributed by atoms with Crippen molar-refractivity contribution in [1.82, 2.24) is 5.32 Å². The summed E-state index contributed by atoms with van der Waals surface area (Å²) in [7, 11) is 0. The fraction of sp³-hybridized carbons (Fsp3) is 0.583. The molecule has 94 valence electrons. The van der Waals surface area contributed by atoms with Crippen molar-refractivity contribution in [3.63, 3.8) is 0 Å². The molecule has 0 spiro atoms. The lowest BCUT2D eigenvalue weighted by Crippen LogP contribution is -2.46. The zero-order chi connectivity index (χ0) is 12.3. The van der Waals surface area contributed by atoms with Gasteiger partial charge in [-0.1, -0.05) is 0 Å². The Balaban J connectivity index is 1.90. The van der Waals surface area contributed by atoms with Crippen molar-refractivity contribution >= 4 is 5.91 Å². The number of aliphatic hydroxyl groups is 1. The first-order valence-corrected chi connectivity index (χ1v) is 5.73. The number of furan rings is 1. The first-order valence-electron chi connectivity index (χ1n) is 5.73. The van der Waals surface area contributed by atoms with Crippen LogP contribution in [0.5, 0.6) is 0 Å². The summed E-state index contributed by atoms with van der Waals surface area (Å²) in [5, 5.41) is 12.9. The molecule has 5 nitrogen and oxygen atoms in total. The van der Waals surface area contributed by atoms with Crippen molar-refractivity contribution in [3.05, 3.63) is 23.7 Å². The maximum absolute atomic E-state index is 11.8. The van der Waals surface area contributed by atoms with E-state index in [-0.39, 0.29) is 12.5 Å². The Morgan fingerprint density at radius 2 is 2.24 bits per heavy atom. The Morgan fingerprint density at radius 3 is 2.82 bits per heavy atom. The van der Waals surface area contributed by atoms with Crippen molar-refractivity contribution < 1.29 is 19.1 Å². The van der Waals surface area contributed by atoms with Crippen LogP contribution in [-0.4, -0.2) is 36.4 Å². The summed E-state index contributed by atoms with van der Waals surface area (Å²) in [6, 6.07) is 1.62. The number of nitrogens with one attached hydrogen (secondary N) is 1. The molecule has 1 aliphatic heterocycles. The highest BCUT2D eigenvalue weighted by Gasteiger charge is 2.30. The van der Waals surface area contributed by atoms with Gasteiger partial charge >= 0.3 is 0 Å². The Labute approximate surface area is 99.8 Å². The maximum Gasteiger partial charge on any atom is 0.254 e. The summed E-state index contributed by atoms with van der Waals surface area (Å²) >= 11 is 0. The van der Waals surface area contributed by atoms with Crippen LogP contribution in [0.1, 0.15) is 29.0 Å². The van der Waals surface area contributed by atoms with Crippen LogP contribution in [0.25, 0.3) is 0 Å². The molecule has 2 N–H and O–H groups in total. The molecule has 1 fully saturated rings. The van der Waals surface area contributed by atoms with Crippen molar-refractivity contribution in [3.8, 4) is 0 Å². The molecule has 0 atom stereocenters. The fourth-order valence-corrected chi connectivity index (χ4v) is 1.89. The molecule has 1 amide bonds. The third-order valence-electron chi connectivity index (χ3n) is 3.10. The lowest BCUT2D eigenvalue weighted by atomic mass is 9.94. The molecule has 2 rings (SSSR count). The number of hydrogen-bond donors (Lipinski definition) is 2. The number of rotatable bonds is 3. The molecular formula is C12H17NO4. The molecule has 2 heterocycles. The van der Waals surface area contributed by atoms with Gasteiger partial charge in [-0.25, -0.2) is 0 Å². The van der Waals surface area contributed by atoms with Crippen LogP contribution in [0.2, 0.25) is 0 Å². The standard InChI is InChI=1S/C12H17NO4/c1-9-10(2-5-17-9)11(14)13-8-12(15)3-6-16-7-4-12/h2,5,15H,3-4,6-8H2,1H3,(H,13,14). The molecule has 0 radical (unpaired) electrons.